The first-order valence-corrected chi connectivity index (χ1v) is 5.81. The zero-order valence-electron chi connectivity index (χ0n) is 10.1. The zero-order chi connectivity index (χ0) is 14.1. The van der Waals surface area contributed by atoms with E-state index in [2.05, 4.69) is 10.5 Å². The van der Waals surface area contributed by atoms with Gasteiger partial charge in [-0.25, -0.2) is 0 Å². The first kappa shape index (κ1) is 13.9. The van der Waals surface area contributed by atoms with Gasteiger partial charge in [0.1, 0.15) is 11.8 Å². The molecule has 1 fully saturated rings. The van der Waals surface area contributed by atoms with Gasteiger partial charge in [-0.05, 0) is 25.0 Å². The van der Waals surface area contributed by atoms with E-state index in [9.17, 15) is 25.5 Å². The largest absolute Gasteiger partial charge is 0.387 e. The normalized spacial score (nSPS) is 27.2. The summed E-state index contributed by atoms with van der Waals surface area (Å²) in [5, 5.41) is 51.7. The molecule has 7 heteroatoms. The predicted octanol–water partition coefficient (Wildman–Crippen LogP) is -1.03. The Morgan fingerprint density at radius 3 is 2.37 bits per heavy atom. The summed E-state index contributed by atoms with van der Waals surface area (Å²) in [6.07, 6.45) is -1.67. The summed E-state index contributed by atoms with van der Waals surface area (Å²) >= 11 is 0. The van der Waals surface area contributed by atoms with E-state index in [1.165, 1.54) is 0 Å². The van der Waals surface area contributed by atoms with Crippen LogP contribution in [0.1, 0.15) is 12.8 Å². The van der Waals surface area contributed by atoms with Crippen LogP contribution in [0.4, 0.5) is 5.69 Å². The van der Waals surface area contributed by atoms with Gasteiger partial charge in [0.2, 0.25) is 0 Å². The summed E-state index contributed by atoms with van der Waals surface area (Å²) in [5.41, 5.74) is 2.94. The van der Waals surface area contributed by atoms with Crippen molar-refractivity contribution in [1.29, 1.82) is 0 Å². The second-order valence-corrected chi connectivity index (χ2v) is 4.49. The van der Waals surface area contributed by atoms with Crippen LogP contribution in [0.15, 0.2) is 35.4 Å². The maximum atomic E-state index is 9.74. The summed E-state index contributed by atoms with van der Waals surface area (Å²) in [6.45, 7) is 0. The fraction of sp³-hybridized carbons (Fsp3) is 0.417. The molecule has 1 saturated carbocycles. The monoisotopic (exact) mass is 268 g/mol. The molecule has 0 amide bonds. The molecule has 0 bridgehead atoms. The van der Waals surface area contributed by atoms with Crippen LogP contribution in [0.25, 0.3) is 0 Å². The molecule has 1 atom stereocenters. The second kappa shape index (κ2) is 4.87. The minimum atomic E-state index is -3.05. The lowest BCUT2D eigenvalue weighted by molar-refractivity contribution is -0.360. The SMILES string of the molecule is OC1CCC(=NNc2ccccc2)C(O)(O)C1(O)O. The maximum Gasteiger partial charge on any atom is 0.263 e. The van der Waals surface area contributed by atoms with Gasteiger partial charge in [0.25, 0.3) is 11.6 Å². The first-order valence-electron chi connectivity index (χ1n) is 5.81. The number of aliphatic hydroxyl groups is 5. The number of rotatable bonds is 2. The molecule has 2 rings (SSSR count). The average molecular weight is 268 g/mol. The molecule has 1 aliphatic rings. The Hall–Kier alpha value is -1.51. The second-order valence-electron chi connectivity index (χ2n) is 4.49. The van der Waals surface area contributed by atoms with Crippen molar-refractivity contribution in [3.8, 4) is 0 Å². The Kier molecular flexibility index (Phi) is 3.57. The third-order valence-corrected chi connectivity index (χ3v) is 3.13. The molecule has 1 unspecified atom stereocenters. The summed E-state index contributed by atoms with van der Waals surface area (Å²) in [6, 6.07) is 8.76. The van der Waals surface area contributed by atoms with E-state index in [1.807, 2.05) is 6.07 Å². The van der Waals surface area contributed by atoms with Crippen molar-refractivity contribution in [2.45, 2.75) is 30.5 Å². The first-order chi connectivity index (χ1) is 8.85. The van der Waals surface area contributed by atoms with Gasteiger partial charge in [0.15, 0.2) is 0 Å². The molecule has 0 saturated heterocycles. The third-order valence-electron chi connectivity index (χ3n) is 3.13. The minimum Gasteiger partial charge on any atom is -0.387 e. The van der Waals surface area contributed by atoms with Gasteiger partial charge >= 0.3 is 0 Å². The van der Waals surface area contributed by atoms with Crippen molar-refractivity contribution < 1.29 is 25.5 Å². The molecule has 0 aromatic heterocycles. The molecule has 7 nitrogen and oxygen atoms in total. The molecule has 0 aliphatic heterocycles. The molecular formula is C12H16N2O5. The number of hydrazone groups is 1. The quantitative estimate of drug-likeness (QED) is 0.301. The fourth-order valence-electron chi connectivity index (χ4n) is 1.87. The van der Waals surface area contributed by atoms with Crippen molar-refractivity contribution in [1.82, 2.24) is 0 Å². The van der Waals surface area contributed by atoms with E-state index < -0.39 is 17.7 Å². The molecular weight excluding hydrogens is 252 g/mol. The highest BCUT2D eigenvalue weighted by atomic mass is 16.6. The number of hydrogen-bond acceptors (Lipinski definition) is 7. The van der Waals surface area contributed by atoms with Crippen LogP contribution in [0.2, 0.25) is 0 Å². The number of aliphatic hydroxyl groups excluding tert-OH is 1. The Morgan fingerprint density at radius 2 is 1.74 bits per heavy atom. The van der Waals surface area contributed by atoms with Crippen molar-refractivity contribution in [3.63, 3.8) is 0 Å². The van der Waals surface area contributed by atoms with Gasteiger partial charge in [-0.15, -0.1) is 0 Å². The number of para-hydroxylation sites is 1. The highest BCUT2D eigenvalue weighted by molar-refractivity contribution is 5.93. The number of hydrogen-bond donors (Lipinski definition) is 6. The van der Waals surface area contributed by atoms with Crippen LogP contribution in [0.5, 0.6) is 0 Å². The highest BCUT2D eigenvalue weighted by Crippen LogP contribution is 2.32. The zero-order valence-corrected chi connectivity index (χ0v) is 10.1. The van der Waals surface area contributed by atoms with E-state index in [1.54, 1.807) is 24.3 Å². The smallest absolute Gasteiger partial charge is 0.263 e. The van der Waals surface area contributed by atoms with Gasteiger partial charge in [-0.2, -0.15) is 5.10 Å². The summed E-state index contributed by atoms with van der Waals surface area (Å²) in [5.74, 6) is -6.06. The summed E-state index contributed by atoms with van der Waals surface area (Å²) < 4.78 is 0. The lowest BCUT2D eigenvalue weighted by atomic mass is 9.84. The van der Waals surface area contributed by atoms with Crippen LogP contribution in [0, 0.1) is 0 Å². The number of anilines is 1. The minimum absolute atomic E-state index is 0.0247. The molecule has 19 heavy (non-hydrogen) atoms. The van der Waals surface area contributed by atoms with Crippen molar-refractivity contribution >= 4 is 11.4 Å². The highest BCUT2D eigenvalue weighted by Gasteiger charge is 2.58. The van der Waals surface area contributed by atoms with Gasteiger partial charge < -0.3 is 25.5 Å². The van der Waals surface area contributed by atoms with Crippen LogP contribution in [-0.2, 0) is 0 Å². The summed E-state index contributed by atoms with van der Waals surface area (Å²) in [4.78, 5) is 0. The van der Waals surface area contributed by atoms with Crippen LogP contribution >= 0.6 is 0 Å². The average Bonchev–Trinajstić information content (AvgIpc) is 2.37. The Bertz CT molecular complexity index is 472. The molecule has 0 spiro atoms. The standard InChI is InChI=1S/C12H16N2O5/c15-10-7-6-9(11(16,17)12(10,18)19)14-13-8-4-2-1-3-5-8/h1-5,10,13,15-19H,6-7H2. The van der Waals surface area contributed by atoms with E-state index in [4.69, 9.17) is 0 Å². The van der Waals surface area contributed by atoms with E-state index in [0.717, 1.165) is 0 Å². The number of benzene rings is 1. The molecule has 6 N–H and O–H groups in total. The van der Waals surface area contributed by atoms with Crippen LogP contribution < -0.4 is 5.43 Å². The lowest BCUT2D eigenvalue weighted by Gasteiger charge is -2.42. The number of nitrogens with one attached hydrogen (secondary N) is 1. The van der Waals surface area contributed by atoms with Gasteiger partial charge in [0.05, 0.1) is 5.69 Å². The molecule has 1 aromatic rings. The third kappa shape index (κ3) is 2.46. The summed E-state index contributed by atoms with van der Waals surface area (Å²) in [7, 11) is 0. The Morgan fingerprint density at radius 1 is 1.11 bits per heavy atom. The van der Waals surface area contributed by atoms with Gasteiger partial charge in [-0.1, -0.05) is 18.2 Å². The lowest BCUT2D eigenvalue weighted by Crippen LogP contribution is -2.68. The Labute approximate surface area is 109 Å². The Balaban J connectivity index is 2.20. The maximum absolute atomic E-state index is 9.74. The topological polar surface area (TPSA) is 126 Å². The predicted molar refractivity (Wildman–Crippen MR) is 67.1 cm³/mol. The fourth-order valence-corrected chi connectivity index (χ4v) is 1.87. The van der Waals surface area contributed by atoms with Crippen LogP contribution in [-0.4, -0.2) is 48.9 Å². The number of nitrogens with zero attached hydrogens (tertiary/aromatic N) is 1. The van der Waals surface area contributed by atoms with E-state index in [-0.39, 0.29) is 18.6 Å². The van der Waals surface area contributed by atoms with Crippen molar-refractivity contribution in [2.24, 2.45) is 5.10 Å². The molecule has 0 heterocycles. The van der Waals surface area contributed by atoms with Gasteiger partial charge in [0, 0.05) is 0 Å². The van der Waals surface area contributed by atoms with E-state index in [0.29, 0.717) is 5.69 Å². The van der Waals surface area contributed by atoms with Crippen molar-refractivity contribution in [3.05, 3.63) is 30.3 Å². The molecule has 1 aliphatic carbocycles. The van der Waals surface area contributed by atoms with Gasteiger partial charge in [-0.3, -0.25) is 5.43 Å². The molecule has 0 radical (unpaired) electrons. The molecule has 104 valence electrons. The van der Waals surface area contributed by atoms with Crippen molar-refractivity contribution in [2.75, 3.05) is 5.43 Å². The molecule has 1 aromatic carbocycles. The van der Waals surface area contributed by atoms with Crippen LogP contribution in [0.3, 0.4) is 0 Å². The van der Waals surface area contributed by atoms with E-state index >= 15 is 0 Å².